The fourth-order valence-corrected chi connectivity index (χ4v) is 5.21. The van der Waals surface area contributed by atoms with E-state index in [4.69, 9.17) is 10.8 Å². The number of para-hydroxylation sites is 1. The Balaban J connectivity index is 1.46. The Kier molecular flexibility index (Phi) is 6.24. The van der Waals surface area contributed by atoms with Gasteiger partial charge in [0.05, 0.1) is 17.0 Å². The number of fused-ring (bicyclic) bond motifs is 1. The van der Waals surface area contributed by atoms with Gasteiger partial charge in [-0.3, -0.25) is 4.79 Å². The second kappa shape index (κ2) is 9.46. The molecule has 3 heterocycles. The van der Waals surface area contributed by atoms with Crippen molar-refractivity contribution in [3.05, 3.63) is 60.2 Å². The molecule has 2 aromatic carbocycles. The summed E-state index contributed by atoms with van der Waals surface area (Å²) in [5.41, 5.74) is 4.79. The van der Waals surface area contributed by atoms with Crippen LogP contribution in [0.15, 0.2) is 59.8 Å². The molecule has 1 saturated heterocycles. The number of likely N-dealkylation sites (tertiary alicyclic amines) is 1. The van der Waals surface area contributed by atoms with Crippen LogP contribution < -0.4 is 5.84 Å². The number of piperidine rings is 1. The molecule has 1 amide bonds. The van der Waals surface area contributed by atoms with Gasteiger partial charge in [-0.15, -0.1) is 10.2 Å². The van der Waals surface area contributed by atoms with Gasteiger partial charge in [-0.05, 0) is 45.2 Å². The van der Waals surface area contributed by atoms with Crippen molar-refractivity contribution in [1.29, 1.82) is 0 Å². The maximum Gasteiger partial charge on any atom is 0.233 e. The van der Waals surface area contributed by atoms with Crippen molar-refractivity contribution in [2.75, 3.05) is 18.1 Å². The van der Waals surface area contributed by atoms with E-state index in [1.165, 1.54) is 28.4 Å². The van der Waals surface area contributed by atoms with Crippen LogP contribution in [0.1, 0.15) is 31.7 Å². The molecule has 34 heavy (non-hydrogen) atoms. The number of carbonyl (C=O) groups is 1. The molecule has 0 radical (unpaired) electrons. The summed E-state index contributed by atoms with van der Waals surface area (Å²) in [5.74, 6) is 7.42. The second-order valence-corrected chi connectivity index (χ2v) is 9.78. The number of carbonyl (C=O) groups excluding carboxylic acids is 1. The molecule has 1 aliphatic heterocycles. The lowest BCUT2D eigenvalue weighted by Crippen LogP contribution is -2.43. The molecule has 1 aliphatic rings. The lowest BCUT2D eigenvalue weighted by Gasteiger charge is -2.33. The number of rotatable bonds is 5. The molecule has 4 aromatic rings. The van der Waals surface area contributed by atoms with Crippen LogP contribution in [-0.2, 0) is 4.79 Å². The zero-order valence-corrected chi connectivity index (χ0v) is 20.3. The molecular weight excluding hydrogens is 444 g/mol. The molecular formula is C26H28N6OS. The highest BCUT2D eigenvalue weighted by Crippen LogP contribution is 2.32. The molecule has 5 rings (SSSR count). The van der Waals surface area contributed by atoms with Crippen LogP contribution in [0.5, 0.6) is 0 Å². The third-order valence-corrected chi connectivity index (χ3v) is 7.34. The van der Waals surface area contributed by atoms with E-state index in [1.807, 2.05) is 35.2 Å². The van der Waals surface area contributed by atoms with E-state index < -0.39 is 0 Å². The zero-order valence-electron chi connectivity index (χ0n) is 19.4. The average molecular weight is 473 g/mol. The molecule has 2 N–H and O–H groups in total. The first-order valence-corrected chi connectivity index (χ1v) is 12.6. The molecule has 2 aromatic heterocycles. The number of benzene rings is 2. The van der Waals surface area contributed by atoms with E-state index in [9.17, 15) is 4.79 Å². The molecule has 1 atom stereocenters. The molecule has 0 bridgehead atoms. The third kappa shape index (κ3) is 4.37. The van der Waals surface area contributed by atoms with Gasteiger partial charge in [-0.1, -0.05) is 59.8 Å². The van der Waals surface area contributed by atoms with E-state index in [-0.39, 0.29) is 11.9 Å². The molecule has 0 unspecified atom stereocenters. The normalized spacial score (nSPS) is 16.2. The Hall–Kier alpha value is -3.39. The van der Waals surface area contributed by atoms with Gasteiger partial charge in [0.15, 0.2) is 5.82 Å². The van der Waals surface area contributed by atoms with Crippen molar-refractivity contribution in [2.45, 2.75) is 44.3 Å². The Labute approximate surface area is 203 Å². The van der Waals surface area contributed by atoms with Crippen molar-refractivity contribution in [3.63, 3.8) is 0 Å². The summed E-state index contributed by atoms with van der Waals surface area (Å²) in [6.45, 7) is 5.01. The fraction of sp³-hybridized carbons (Fsp3) is 0.308. The first kappa shape index (κ1) is 22.4. The van der Waals surface area contributed by atoms with Crippen LogP contribution in [-0.4, -0.2) is 49.0 Å². The van der Waals surface area contributed by atoms with Gasteiger partial charge in [-0.25, -0.2) is 9.66 Å². The summed E-state index contributed by atoms with van der Waals surface area (Å²) in [6, 6.07) is 18.5. The lowest BCUT2D eigenvalue weighted by atomic mass is 10.0. The number of nitrogen functional groups attached to an aromatic ring is 1. The van der Waals surface area contributed by atoms with Gasteiger partial charge in [-0.2, -0.15) is 0 Å². The number of aryl methyl sites for hydroxylation is 1. The van der Waals surface area contributed by atoms with E-state index in [0.717, 1.165) is 47.1 Å². The maximum absolute atomic E-state index is 12.8. The Bertz CT molecular complexity index is 1330. The SMILES string of the molecule is Cc1ccc(-c2cc(-c3nnc(SCC(=O)N4CCCC[C@H]4C)n3N)c3ccccc3n2)cc1. The lowest BCUT2D eigenvalue weighted by molar-refractivity contribution is -0.131. The predicted molar refractivity (Wildman–Crippen MR) is 137 cm³/mol. The summed E-state index contributed by atoms with van der Waals surface area (Å²) < 4.78 is 1.48. The topological polar surface area (TPSA) is 89.9 Å². The van der Waals surface area contributed by atoms with E-state index in [2.05, 4.69) is 48.3 Å². The van der Waals surface area contributed by atoms with Crippen LogP contribution in [0.4, 0.5) is 0 Å². The number of hydrogen-bond donors (Lipinski definition) is 1. The maximum atomic E-state index is 12.8. The average Bonchev–Trinajstić information content (AvgIpc) is 3.22. The summed E-state index contributed by atoms with van der Waals surface area (Å²) >= 11 is 1.33. The van der Waals surface area contributed by atoms with Crippen molar-refractivity contribution in [2.24, 2.45) is 0 Å². The van der Waals surface area contributed by atoms with Crippen LogP contribution >= 0.6 is 11.8 Å². The number of pyridine rings is 1. The highest BCUT2D eigenvalue weighted by atomic mass is 32.2. The molecule has 8 heteroatoms. The minimum absolute atomic E-state index is 0.123. The highest BCUT2D eigenvalue weighted by molar-refractivity contribution is 7.99. The van der Waals surface area contributed by atoms with Crippen LogP contribution in [0.3, 0.4) is 0 Å². The van der Waals surface area contributed by atoms with Crippen molar-refractivity contribution >= 4 is 28.6 Å². The largest absolute Gasteiger partial charge is 0.339 e. The number of nitrogens with two attached hydrogens (primary N) is 1. The van der Waals surface area contributed by atoms with Gasteiger partial charge in [0, 0.05) is 29.1 Å². The fourth-order valence-electron chi connectivity index (χ4n) is 4.47. The summed E-state index contributed by atoms with van der Waals surface area (Å²) in [6.07, 6.45) is 3.31. The minimum Gasteiger partial charge on any atom is -0.339 e. The Morgan fingerprint density at radius 1 is 1.12 bits per heavy atom. The number of nitrogens with zero attached hydrogens (tertiary/aromatic N) is 5. The second-order valence-electron chi connectivity index (χ2n) is 8.84. The van der Waals surface area contributed by atoms with Gasteiger partial charge >= 0.3 is 0 Å². The van der Waals surface area contributed by atoms with Crippen LogP contribution in [0, 0.1) is 6.92 Å². The number of thioether (sulfide) groups is 1. The molecule has 7 nitrogen and oxygen atoms in total. The molecule has 1 fully saturated rings. The number of hydrogen-bond acceptors (Lipinski definition) is 6. The van der Waals surface area contributed by atoms with E-state index in [1.54, 1.807) is 0 Å². The number of amides is 1. The Morgan fingerprint density at radius 2 is 1.91 bits per heavy atom. The third-order valence-electron chi connectivity index (χ3n) is 6.42. The van der Waals surface area contributed by atoms with Gasteiger partial charge < -0.3 is 10.7 Å². The molecule has 0 aliphatic carbocycles. The smallest absolute Gasteiger partial charge is 0.233 e. The minimum atomic E-state index is 0.123. The quantitative estimate of drug-likeness (QED) is 0.335. The Morgan fingerprint density at radius 3 is 2.71 bits per heavy atom. The van der Waals surface area contributed by atoms with Crippen molar-refractivity contribution < 1.29 is 4.79 Å². The first-order valence-electron chi connectivity index (χ1n) is 11.6. The van der Waals surface area contributed by atoms with Crippen molar-refractivity contribution in [3.8, 4) is 22.6 Å². The monoisotopic (exact) mass is 472 g/mol. The highest BCUT2D eigenvalue weighted by Gasteiger charge is 2.24. The molecule has 0 saturated carbocycles. The van der Waals surface area contributed by atoms with Gasteiger partial charge in [0.2, 0.25) is 11.1 Å². The zero-order chi connectivity index (χ0) is 23.7. The van der Waals surface area contributed by atoms with Gasteiger partial charge in [0.25, 0.3) is 0 Å². The predicted octanol–water partition coefficient (Wildman–Crippen LogP) is 4.68. The van der Waals surface area contributed by atoms with Crippen LogP contribution in [0.25, 0.3) is 33.5 Å². The molecule has 174 valence electrons. The van der Waals surface area contributed by atoms with Crippen molar-refractivity contribution in [1.82, 2.24) is 24.8 Å². The molecule has 0 spiro atoms. The first-order chi connectivity index (χ1) is 16.5. The summed E-state index contributed by atoms with van der Waals surface area (Å²) in [7, 11) is 0. The van der Waals surface area contributed by atoms with E-state index in [0.29, 0.717) is 16.7 Å². The van der Waals surface area contributed by atoms with Crippen LogP contribution in [0.2, 0.25) is 0 Å². The summed E-state index contributed by atoms with van der Waals surface area (Å²) in [4.78, 5) is 19.6. The summed E-state index contributed by atoms with van der Waals surface area (Å²) in [5, 5.41) is 10.2. The standard InChI is InChI=1S/C26H28N6OS/c1-17-10-12-19(13-11-17)23-15-21(20-8-3-4-9-22(20)28-23)25-29-30-26(32(25)27)34-16-24(33)31-14-6-5-7-18(31)2/h3-4,8-13,15,18H,5-7,14,16,27H2,1-2H3/t18-/m1/s1. The van der Waals surface area contributed by atoms with E-state index >= 15 is 0 Å². The number of aromatic nitrogens is 4. The van der Waals surface area contributed by atoms with Gasteiger partial charge in [0.1, 0.15) is 0 Å².